The standard InChI is InChI=1S/C13H19NO2/c1-9(7-15)8-16-13-4-2-3-10-11(13)5-6-12(10)14/h2-4,9,12,15H,5-8,14H2,1H3. The summed E-state index contributed by atoms with van der Waals surface area (Å²) >= 11 is 0. The van der Waals surface area contributed by atoms with Gasteiger partial charge in [-0.1, -0.05) is 19.1 Å². The molecule has 1 aromatic carbocycles. The maximum atomic E-state index is 8.95. The van der Waals surface area contributed by atoms with Gasteiger partial charge in [0.15, 0.2) is 0 Å². The molecule has 0 fully saturated rings. The largest absolute Gasteiger partial charge is 0.493 e. The van der Waals surface area contributed by atoms with Crippen LogP contribution >= 0.6 is 0 Å². The number of hydrogen-bond acceptors (Lipinski definition) is 3. The highest BCUT2D eigenvalue weighted by Gasteiger charge is 2.22. The van der Waals surface area contributed by atoms with Crippen molar-refractivity contribution in [1.82, 2.24) is 0 Å². The fourth-order valence-electron chi connectivity index (χ4n) is 2.07. The Morgan fingerprint density at radius 1 is 1.56 bits per heavy atom. The van der Waals surface area contributed by atoms with Crippen LogP contribution in [0.1, 0.15) is 30.5 Å². The summed E-state index contributed by atoms with van der Waals surface area (Å²) in [6.07, 6.45) is 2.01. The van der Waals surface area contributed by atoms with Crippen LogP contribution in [0, 0.1) is 5.92 Å². The normalized spacial score (nSPS) is 20.6. The number of aliphatic hydroxyl groups excluding tert-OH is 1. The summed E-state index contributed by atoms with van der Waals surface area (Å²) in [5, 5.41) is 8.95. The van der Waals surface area contributed by atoms with Crippen LogP contribution in [-0.4, -0.2) is 18.3 Å². The zero-order valence-corrected chi connectivity index (χ0v) is 9.65. The van der Waals surface area contributed by atoms with Crippen LogP contribution < -0.4 is 10.5 Å². The van der Waals surface area contributed by atoms with Crippen molar-refractivity contribution in [3.8, 4) is 5.75 Å². The van der Waals surface area contributed by atoms with E-state index in [4.69, 9.17) is 15.6 Å². The molecule has 1 aliphatic carbocycles. The van der Waals surface area contributed by atoms with Crippen molar-refractivity contribution in [2.75, 3.05) is 13.2 Å². The Morgan fingerprint density at radius 2 is 2.38 bits per heavy atom. The summed E-state index contributed by atoms with van der Waals surface area (Å²) in [7, 11) is 0. The Bertz CT molecular complexity index is 365. The first-order chi connectivity index (χ1) is 7.72. The Kier molecular flexibility index (Phi) is 3.46. The van der Waals surface area contributed by atoms with Gasteiger partial charge in [-0.05, 0) is 30.0 Å². The first kappa shape index (κ1) is 11.4. The zero-order chi connectivity index (χ0) is 11.5. The number of rotatable bonds is 4. The molecule has 0 aromatic heterocycles. The molecule has 0 heterocycles. The molecule has 0 aliphatic heterocycles. The molecule has 0 saturated carbocycles. The van der Waals surface area contributed by atoms with E-state index in [2.05, 4.69) is 6.07 Å². The SMILES string of the molecule is CC(CO)COc1cccc2c1CCC2N. The van der Waals surface area contributed by atoms with Crippen molar-refractivity contribution in [2.45, 2.75) is 25.8 Å². The van der Waals surface area contributed by atoms with E-state index >= 15 is 0 Å². The summed E-state index contributed by atoms with van der Waals surface area (Å²) in [5.74, 6) is 1.11. The first-order valence-corrected chi connectivity index (χ1v) is 5.83. The Balaban J connectivity index is 2.11. The third-order valence-electron chi connectivity index (χ3n) is 3.11. The highest BCUT2D eigenvalue weighted by atomic mass is 16.5. The smallest absolute Gasteiger partial charge is 0.122 e. The van der Waals surface area contributed by atoms with Gasteiger partial charge < -0.3 is 15.6 Å². The van der Waals surface area contributed by atoms with Crippen molar-refractivity contribution >= 4 is 0 Å². The topological polar surface area (TPSA) is 55.5 Å². The third kappa shape index (κ3) is 2.20. The molecule has 2 rings (SSSR count). The van der Waals surface area contributed by atoms with E-state index in [0.29, 0.717) is 6.61 Å². The number of nitrogens with two attached hydrogens (primary N) is 1. The Labute approximate surface area is 96.2 Å². The van der Waals surface area contributed by atoms with Crippen LogP contribution in [0.25, 0.3) is 0 Å². The number of aliphatic hydroxyl groups is 1. The minimum Gasteiger partial charge on any atom is -0.493 e. The van der Waals surface area contributed by atoms with Crippen LogP contribution in [0.2, 0.25) is 0 Å². The van der Waals surface area contributed by atoms with Gasteiger partial charge in [-0.3, -0.25) is 0 Å². The maximum absolute atomic E-state index is 8.95. The molecule has 1 aliphatic rings. The lowest BCUT2D eigenvalue weighted by Gasteiger charge is -2.14. The summed E-state index contributed by atoms with van der Waals surface area (Å²) in [6.45, 7) is 2.69. The van der Waals surface area contributed by atoms with Gasteiger partial charge in [0.1, 0.15) is 5.75 Å². The maximum Gasteiger partial charge on any atom is 0.122 e. The Hall–Kier alpha value is -1.06. The molecule has 0 radical (unpaired) electrons. The zero-order valence-electron chi connectivity index (χ0n) is 9.65. The molecule has 0 bridgehead atoms. The highest BCUT2D eigenvalue weighted by Crippen LogP contribution is 2.35. The molecule has 88 valence electrons. The lowest BCUT2D eigenvalue weighted by molar-refractivity contribution is 0.173. The summed E-state index contributed by atoms with van der Waals surface area (Å²) < 4.78 is 5.73. The predicted octanol–water partition coefficient (Wildman–Crippen LogP) is 1.64. The number of hydrogen-bond donors (Lipinski definition) is 2. The van der Waals surface area contributed by atoms with Crippen molar-refractivity contribution in [3.63, 3.8) is 0 Å². The lowest BCUT2D eigenvalue weighted by atomic mass is 10.1. The fourth-order valence-corrected chi connectivity index (χ4v) is 2.07. The van der Waals surface area contributed by atoms with Gasteiger partial charge in [0.25, 0.3) is 0 Å². The van der Waals surface area contributed by atoms with Crippen LogP contribution in [0.3, 0.4) is 0 Å². The van der Waals surface area contributed by atoms with Crippen molar-refractivity contribution in [2.24, 2.45) is 11.7 Å². The van der Waals surface area contributed by atoms with Crippen LogP contribution in [0.5, 0.6) is 5.75 Å². The minimum atomic E-state index is 0.161. The van der Waals surface area contributed by atoms with E-state index in [1.165, 1.54) is 11.1 Å². The number of benzene rings is 1. The van der Waals surface area contributed by atoms with Crippen molar-refractivity contribution in [1.29, 1.82) is 0 Å². The van der Waals surface area contributed by atoms with Gasteiger partial charge in [-0.15, -0.1) is 0 Å². The van der Waals surface area contributed by atoms with Crippen LogP contribution in [-0.2, 0) is 6.42 Å². The average molecular weight is 221 g/mol. The minimum absolute atomic E-state index is 0.161. The molecule has 3 N–H and O–H groups in total. The number of ether oxygens (including phenoxy) is 1. The van der Waals surface area contributed by atoms with E-state index in [9.17, 15) is 0 Å². The van der Waals surface area contributed by atoms with E-state index < -0.39 is 0 Å². The van der Waals surface area contributed by atoms with E-state index in [0.717, 1.165) is 18.6 Å². The predicted molar refractivity (Wildman–Crippen MR) is 63.4 cm³/mol. The lowest BCUT2D eigenvalue weighted by Crippen LogP contribution is -2.13. The van der Waals surface area contributed by atoms with Crippen molar-refractivity contribution < 1.29 is 9.84 Å². The first-order valence-electron chi connectivity index (χ1n) is 5.83. The second-order valence-corrected chi connectivity index (χ2v) is 4.57. The molecule has 2 unspecified atom stereocenters. The van der Waals surface area contributed by atoms with E-state index in [-0.39, 0.29) is 18.6 Å². The van der Waals surface area contributed by atoms with E-state index in [1.54, 1.807) is 0 Å². The second kappa shape index (κ2) is 4.85. The van der Waals surface area contributed by atoms with Crippen LogP contribution in [0.15, 0.2) is 18.2 Å². The molecule has 3 nitrogen and oxygen atoms in total. The summed E-state index contributed by atoms with van der Waals surface area (Å²) in [4.78, 5) is 0. The van der Waals surface area contributed by atoms with E-state index in [1.807, 2.05) is 19.1 Å². The molecule has 16 heavy (non-hydrogen) atoms. The van der Waals surface area contributed by atoms with Gasteiger partial charge in [0, 0.05) is 18.6 Å². The van der Waals surface area contributed by atoms with Gasteiger partial charge >= 0.3 is 0 Å². The summed E-state index contributed by atoms with van der Waals surface area (Å²) in [5.41, 5.74) is 8.47. The molecular weight excluding hydrogens is 202 g/mol. The molecule has 0 saturated heterocycles. The van der Waals surface area contributed by atoms with Crippen LogP contribution in [0.4, 0.5) is 0 Å². The number of fused-ring (bicyclic) bond motifs is 1. The summed E-state index contributed by atoms with van der Waals surface area (Å²) in [6, 6.07) is 6.22. The third-order valence-corrected chi connectivity index (χ3v) is 3.11. The average Bonchev–Trinajstić information content (AvgIpc) is 2.69. The van der Waals surface area contributed by atoms with Gasteiger partial charge in [-0.25, -0.2) is 0 Å². The quantitative estimate of drug-likeness (QED) is 0.812. The highest BCUT2D eigenvalue weighted by molar-refractivity contribution is 5.44. The molecular formula is C13H19NO2. The van der Waals surface area contributed by atoms with Gasteiger partial charge in [-0.2, -0.15) is 0 Å². The Morgan fingerprint density at radius 3 is 3.12 bits per heavy atom. The molecule has 3 heteroatoms. The van der Waals surface area contributed by atoms with Crippen molar-refractivity contribution in [3.05, 3.63) is 29.3 Å². The van der Waals surface area contributed by atoms with Gasteiger partial charge in [0.2, 0.25) is 0 Å². The fraction of sp³-hybridized carbons (Fsp3) is 0.538. The second-order valence-electron chi connectivity index (χ2n) is 4.57. The molecule has 1 aromatic rings. The van der Waals surface area contributed by atoms with Gasteiger partial charge in [0.05, 0.1) is 6.61 Å². The monoisotopic (exact) mass is 221 g/mol. The molecule has 2 atom stereocenters. The molecule has 0 spiro atoms. The molecule has 0 amide bonds.